The van der Waals surface area contributed by atoms with E-state index in [9.17, 15) is 4.79 Å². The Kier molecular flexibility index (Phi) is 7.55. The summed E-state index contributed by atoms with van der Waals surface area (Å²) in [6.45, 7) is 4.18. The Morgan fingerprint density at radius 1 is 1.20 bits per heavy atom. The van der Waals surface area contributed by atoms with Gasteiger partial charge < -0.3 is 24.8 Å². The molecule has 1 aromatic heterocycles. The van der Waals surface area contributed by atoms with Crippen LogP contribution in [0.1, 0.15) is 59.1 Å². The zero-order valence-corrected chi connectivity index (χ0v) is 19.4. The first-order chi connectivity index (χ1) is 14.5. The predicted molar refractivity (Wildman–Crippen MR) is 124 cm³/mol. The zero-order chi connectivity index (χ0) is 21.7. The van der Waals surface area contributed by atoms with Gasteiger partial charge in [0.2, 0.25) is 0 Å². The number of nitrogens with one attached hydrogen (secondary N) is 2. The number of thiocarbonyl (C=S) groups is 1. The number of thiophene rings is 1. The van der Waals surface area contributed by atoms with Crippen molar-refractivity contribution in [3.8, 4) is 11.5 Å². The van der Waals surface area contributed by atoms with E-state index in [1.165, 1.54) is 4.88 Å². The molecule has 0 saturated carbocycles. The van der Waals surface area contributed by atoms with E-state index < -0.39 is 0 Å². The van der Waals surface area contributed by atoms with E-state index >= 15 is 0 Å². The maximum Gasteiger partial charge on any atom is 0.341 e. The fourth-order valence-corrected chi connectivity index (χ4v) is 5.24. The van der Waals surface area contributed by atoms with Crippen LogP contribution in [0.5, 0.6) is 11.5 Å². The smallest absolute Gasteiger partial charge is 0.341 e. The van der Waals surface area contributed by atoms with Crippen LogP contribution >= 0.6 is 23.6 Å². The number of esters is 1. The minimum atomic E-state index is -0.282. The van der Waals surface area contributed by atoms with Crippen LogP contribution in [0.4, 0.5) is 5.00 Å². The molecule has 0 bridgehead atoms. The molecular formula is C22H28N2O4S2. The van der Waals surface area contributed by atoms with E-state index in [1.54, 1.807) is 25.6 Å². The average Bonchev–Trinajstić information content (AvgIpc) is 3.10. The molecule has 0 amide bonds. The summed E-state index contributed by atoms with van der Waals surface area (Å²) in [5.74, 6) is 1.06. The number of ether oxygens (including phenoxy) is 3. The molecule has 1 atom stereocenters. The molecule has 1 aliphatic carbocycles. The number of rotatable bonds is 7. The van der Waals surface area contributed by atoms with E-state index in [1.807, 2.05) is 32.0 Å². The van der Waals surface area contributed by atoms with Crippen molar-refractivity contribution in [1.82, 2.24) is 5.32 Å². The number of anilines is 1. The predicted octanol–water partition coefficient (Wildman–Crippen LogP) is 4.87. The molecule has 2 N–H and O–H groups in total. The van der Waals surface area contributed by atoms with Gasteiger partial charge in [0.1, 0.15) is 5.00 Å². The van der Waals surface area contributed by atoms with Gasteiger partial charge in [-0.25, -0.2) is 4.79 Å². The van der Waals surface area contributed by atoms with Gasteiger partial charge in [-0.2, -0.15) is 0 Å². The van der Waals surface area contributed by atoms with Crippen LogP contribution in [-0.4, -0.2) is 31.9 Å². The number of hydrogen-bond donors (Lipinski definition) is 2. The average molecular weight is 449 g/mol. The normalized spacial score (nSPS) is 13.7. The second-order valence-corrected chi connectivity index (χ2v) is 8.58. The van der Waals surface area contributed by atoms with Crippen molar-refractivity contribution in [2.24, 2.45) is 0 Å². The van der Waals surface area contributed by atoms with Gasteiger partial charge in [-0.05, 0) is 75.0 Å². The Bertz CT molecular complexity index is 926. The number of carbonyl (C=O) groups is 1. The number of carbonyl (C=O) groups excluding carboxylic acids is 1. The standard InChI is InChI=1S/C22H28N2O4S2/c1-5-28-21(25)19-15-8-6-7-9-18(15)30-20(19)24-22(29)23-13(2)14-10-11-16(26-3)17(12-14)27-4/h10-13H,5-9H2,1-4H3,(H2,23,24,29). The maximum atomic E-state index is 12.6. The van der Waals surface area contributed by atoms with Gasteiger partial charge in [0.15, 0.2) is 16.6 Å². The highest BCUT2D eigenvalue weighted by Crippen LogP contribution is 2.38. The fourth-order valence-electron chi connectivity index (χ4n) is 3.61. The van der Waals surface area contributed by atoms with Crippen LogP contribution in [0.25, 0.3) is 0 Å². The van der Waals surface area contributed by atoms with Crippen molar-refractivity contribution in [1.29, 1.82) is 0 Å². The number of methoxy groups -OCH3 is 2. The molecule has 3 rings (SSSR count). The van der Waals surface area contributed by atoms with Crippen LogP contribution in [-0.2, 0) is 17.6 Å². The Morgan fingerprint density at radius 3 is 2.63 bits per heavy atom. The van der Waals surface area contributed by atoms with Crippen molar-refractivity contribution in [2.75, 3.05) is 26.1 Å². The highest BCUT2D eigenvalue weighted by atomic mass is 32.1. The van der Waals surface area contributed by atoms with E-state index in [4.69, 9.17) is 26.4 Å². The number of fused-ring (bicyclic) bond motifs is 1. The summed E-state index contributed by atoms with van der Waals surface area (Å²) in [5.41, 5.74) is 2.76. The van der Waals surface area contributed by atoms with Crippen molar-refractivity contribution < 1.29 is 19.0 Å². The molecule has 0 fully saturated rings. The fraction of sp³-hybridized carbons (Fsp3) is 0.455. The lowest BCUT2D eigenvalue weighted by Gasteiger charge is -2.19. The van der Waals surface area contributed by atoms with Crippen molar-refractivity contribution in [3.63, 3.8) is 0 Å². The largest absolute Gasteiger partial charge is 0.493 e. The summed E-state index contributed by atoms with van der Waals surface area (Å²) in [7, 11) is 3.22. The monoisotopic (exact) mass is 448 g/mol. The number of benzene rings is 1. The van der Waals surface area contributed by atoms with Gasteiger partial charge in [0.05, 0.1) is 32.4 Å². The van der Waals surface area contributed by atoms with Crippen molar-refractivity contribution >= 4 is 39.6 Å². The molecule has 0 aliphatic heterocycles. The van der Waals surface area contributed by atoms with Crippen LogP contribution in [0.3, 0.4) is 0 Å². The minimum Gasteiger partial charge on any atom is -0.493 e. The van der Waals surface area contributed by atoms with E-state index in [2.05, 4.69) is 10.6 Å². The topological polar surface area (TPSA) is 68.8 Å². The molecule has 0 radical (unpaired) electrons. The summed E-state index contributed by atoms with van der Waals surface area (Å²) in [6.07, 6.45) is 4.14. The lowest BCUT2D eigenvalue weighted by atomic mass is 9.95. The molecule has 162 valence electrons. The minimum absolute atomic E-state index is 0.0644. The lowest BCUT2D eigenvalue weighted by molar-refractivity contribution is 0.0526. The van der Waals surface area contributed by atoms with E-state index in [0.717, 1.165) is 41.8 Å². The SMILES string of the molecule is CCOC(=O)c1c(NC(=S)NC(C)c2ccc(OC)c(OC)c2)sc2c1CCCC2. The summed E-state index contributed by atoms with van der Waals surface area (Å²) in [5, 5.41) is 7.75. The molecule has 2 aromatic rings. The maximum absolute atomic E-state index is 12.6. The van der Waals surface area contributed by atoms with Gasteiger partial charge in [-0.15, -0.1) is 11.3 Å². The molecule has 30 heavy (non-hydrogen) atoms. The molecule has 1 aliphatic rings. The molecular weight excluding hydrogens is 420 g/mol. The third-order valence-electron chi connectivity index (χ3n) is 5.13. The first-order valence-corrected chi connectivity index (χ1v) is 11.3. The van der Waals surface area contributed by atoms with Crippen LogP contribution in [0, 0.1) is 0 Å². The lowest BCUT2D eigenvalue weighted by Crippen LogP contribution is -2.31. The summed E-state index contributed by atoms with van der Waals surface area (Å²) in [4.78, 5) is 13.9. The van der Waals surface area contributed by atoms with Gasteiger partial charge in [-0.1, -0.05) is 6.07 Å². The Labute approximate surface area is 186 Å². The van der Waals surface area contributed by atoms with Crippen LogP contribution in [0.15, 0.2) is 18.2 Å². The Hall–Kier alpha value is -2.32. The molecule has 1 unspecified atom stereocenters. The Balaban J connectivity index is 1.76. The number of aryl methyl sites for hydroxylation is 1. The van der Waals surface area contributed by atoms with Gasteiger partial charge in [0, 0.05) is 4.88 Å². The quantitative estimate of drug-likeness (QED) is 0.463. The third kappa shape index (κ3) is 4.87. The summed E-state index contributed by atoms with van der Waals surface area (Å²) in [6, 6.07) is 5.70. The second kappa shape index (κ2) is 10.1. The molecule has 6 nitrogen and oxygen atoms in total. The molecule has 1 aromatic carbocycles. The van der Waals surface area contributed by atoms with Gasteiger partial charge in [-0.3, -0.25) is 0 Å². The molecule has 1 heterocycles. The van der Waals surface area contributed by atoms with Crippen molar-refractivity contribution in [3.05, 3.63) is 39.8 Å². The zero-order valence-electron chi connectivity index (χ0n) is 17.8. The van der Waals surface area contributed by atoms with Crippen molar-refractivity contribution in [2.45, 2.75) is 45.6 Å². The summed E-state index contributed by atoms with van der Waals surface area (Å²) < 4.78 is 16.0. The first-order valence-electron chi connectivity index (χ1n) is 10.1. The van der Waals surface area contributed by atoms with Crippen LogP contribution in [0.2, 0.25) is 0 Å². The Morgan fingerprint density at radius 2 is 1.93 bits per heavy atom. The highest BCUT2D eigenvalue weighted by molar-refractivity contribution is 7.80. The van der Waals surface area contributed by atoms with Gasteiger partial charge >= 0.3 is 5.97 Å². The summed E-state index contributed by atoms with van der Waals surface area (Å²) >= 11 is 7.15. The molecule has 0 saturated heterocycles. The van der Waals surface area contributed by atoms with Gasteiger partial charge in [0.25, 0.3) is 0 Å². The van der Waals surface area contributed by atoms with Crippen LogP contribution < -0.4 is 20.1 Å². The molecule has 0 spiro atoms. The highest BCUT2D eigenvalue weighted by Gasteiger charge is 2.27. The van der Waals surface area contributed by atoms with E-state index in [-0.39, 0.29) is 12.0 Å². The first kappa shape index (κ1) is 22.4. The van der Waals surface area contributed by atoms with E-state index in [0.29, 0.717) is 28.8 Å². The third-order valence-corrected chi connectivity index (χ3v) is 6.56. The molecule has 8 heteroatoms. The second-order valence-electron chi connectivity index (χ2n) is 7.07. The number of hydrogen-bond acceptors (Lipinski definition) is 6.